The molecule has 0 atom stereocenters. The molecule has 27 heavy (non-hydrogen) atoms. The topological polar surface area (TPSA) is 124 Å². The van der Waals surface area contributed by atoms with Crippen LogP contribution in [-0.4, -0.2) is 33.5 Å². The minimum absolute atomic E-state index is 0.226. The first-order valence-electron chi connectivity index (χ1n) is 8.15. The van der Waals surface area contributed by atoms with Gasteiger partial charge in [0.15, 0.2) is 5.69 Å². The number of fused-ring (bicyclic) bond motifs is 1. The van der Waals surface area contributed by atoms with Crippen LogP contribution < -0.4 is 10.6 Å². The van der Waals surface area contributed by atoms with E-state index in [0.29, 0.717) is 22.3 Å². The highest BCUT2D eigenvalue weighted by molar-refractivity contribution is 6.05. The van der Waals surface area contributed by atoms with Crippen molar-refractivity contribution in [2.45, 2.75) is 6.42 Å². The van der Waals surface area contributed by atoms with E-state index in [0.717, 1.165) is 5.56 Å². The van der Waals surface area contributed by atoms with Crippen molar-refractivity contribution in [3.63, 3.8) is 0 Å². The summed E-state index contributed by atoms with van der Waals surface area (Å²) in [6, 6.07) is 10.9. The van der Waals surface area contributed by atoms with E-state index in [4.69, 9.17) is 5.26 Å². The van der Waals surface area contributed by atoms with Crippen LogP contribution >= 0.6 is 0 Å². The highest BCUT2D eigenvalue weighted by Crippen LogP contribution is 2.25. The Morgan fingerprint density at radius 2 is 2.19 bits per heavy atom. The van der Waals surface area contributed by atoms with E-state index in [-0.39, 0.29) is 30.5 Å². The van der Waals surface area contributed by atoms with E-state index in [1.165, 1.54) is 6.08 Å². The highest BCUT2D eigenvalue weighted by Gasteiger charge is 2.15. The van der Waals surface area contributed by atoms with Crippen LogP contribution in [0, 0.1) is 11.3 Å². The summed E-state index contributed by atoms with van der Waals surface area (Å²) in [5.41, 5.74) is 2.88. The minimum Gasteiger partial charge on any atom is -0.350 e. The minimum atomic E-state index is -0.361. The standard InChI is InChI=1S/C19H16N6O2/c1-2-17(26)23-13-6-3-5-12(9-13)15-10-14-16(11-22-15)24-25-18(14)19(27)21-8-4-7-20/h2-3,5-6,9-11H,1,4,8H2,(H,21,27)(H,23,26)(H,24,25). The molecule has 2 heterocycles. The SMILES string of the molecule is C=CC(=O)Nc1cccc(-c2cc3c(C(=O)NCCC#N)n[nH]c3cn2)c1. The molecule has 134 valence electrons. The van der Waals surface area contributed by atoms with Crippen LogP contribution in [0.1, 0.15) is 16.9 Å². The predicted molar refractivity (Wildman–Crippen MR) is 101 cm³/mol. The average Bonchev–Trinajstić information content (AvgIpc) is 3.11. The van der Waals surface area contributed by atoms with Gasteiger partial charge in [-0.25, -0.2) is 0 Å². The van der Waals surface area contributed by atoms with Gasteiger partial charge in [0, 0.05) is 23.2 Å². The van der Waals surface area contributed by atoms with Crippen LogP contribution in [0.5, 0.6) is 0 Å². The number of carbonyl (C=O) groups excluding carboxylic acids is 2. The van der Waals surface area contributed by atoms with Crippen LogP contribution in [0.25, 0.3) is 22.2 Å². The van der Waals surface area contributed by atoms with E-state index >= 15 is 0 Å². The van der Waals surface area contributed by atoms with E-state index in [1.807, 2.05) is 12.1 Å². The van der Waals surface area contributed by atoms with E-state index in [1.54, 1.807) is 30.5 Å². The first-order valence-corrected chi connectivity index (χ1v) is 8.15. The predicted octanol–water partition coefficient (Wildman–Crippen LogP) is 2.39. The Balaban J connectivity index is 1.92. The zero-order valence-electron chi connectivity index (χ0n) is 14.3. The molecule has 1 aromatic carbocycles. The molecular formula is C19H16N6O2. The molecule has 0 unspecified atom stereocenters. The van der Waals surface area contributed by atoms with Gasteiger partial charge in [0.2, 0.25) is 5.91 Å². The second kappa shape index (κ2) is 7.93. The number of carbonyl (C=O) groups is 2. The van der Waals surface area contributed by atoms with Crippen molar-refractivity contribution in [1.82, 2.24) is 20.5 Å². The number of pyridine rings is 1. The summed E-state index contributed by atoms with van der Waals surface area (Å²) in [4.78, 5) is 28.1. The Kier molecular flexibility index (Phi) is 5.23. The van der Waals surface area contributed by atoms with E-state index in [9.17, 15) is 9.59 Å². The van der Waals surface area contributed by atoms with Crippen molar-refractivity contribution < 1.29 is 9.59 Å². The molecule has 2 aromatic heterocycles. The average molecular weight is 360 g/mol. The second-order valence-corrected chi connectivity index (χ2v) is 5.63. The van der Waals surface area contributed by atoms with Gasteiger partial charge in [-0.15, -0.1) is 0 Å². The van der Waals surface area contributed by atoms with Gasteiger partial charge in [0.1, 0.15) is 0 Å². The first-order chi connectivity index (χ1) is 13.1. The van der Waals surface area contributed by atoms with Crippen LogP contribution in [0.2, 0.25) is 0 Å². The second-order valence-electron chi connectivity index (χ2n) is 5.63. The van der Waals surface area contributed by atoms with Crippen LogP contribution in [0.15, 0.2) is 49.2 Å². The van der Waals surface area contributed by atoms with E-state index < -0.39 is 0 Å². The van der Waals surface area contributed by atoms with Gasteiger partial charge in [-0.2, -0.15) is 10.4 Å². The van der Waals surface area contributed by atoms with Gasteiger partial charge < -0.3 is 10.6 Å². The number of nitrogens with zero attached hydrogens (tertiary/aromatic N) is 3. The number of hydrogen-bond acceptors (Lipinski definition) is 5. The lowest BCUT2D eigenvalue weighted by Gasteiger charge is -2.06. The van der Waals surface area contributed by atoms with Crippen molar-refractivity contribution >= 4 is 28.4 Å². The van der Waals surface area contributed by atoms with Crippen molar-refractivity contribution in [2.24, 2.45) is 0 Å². The lowest BCUT2D eigenvalue weighted by molar-refractivity contribution is -0.111. The molecule has 0 fully saturated rings. The maximum atomic E-state index is 12.3. The zero-order valence-corrected chi connectivity index (χ0v) is 14.3. The number of benzene rings is 1. The number of aromatic amines is 1. The third kappa shape index (κ3) is 3.99. The molecule has 0 saturated carbocycles. The quantitative estimate of drug-likeness (QED) is 0.460. The largest absolute Gasteiger partial charge is 0.350 e. The fraction of sp³-hybridized carbons (Fsp3) is 0.105. The van der Waals surface area contributed by atoms with Crippen molar-refractivity contribution in [2.75, 3.05) is 11.9 Å². The van der Waals surface area contributed by atoms with Crippen LogP contribution in [0.4, 0.5) is 5.69 Å². The molecule has 0 aliphatic rings. The third-order valence-electron chi connectivity index (χ3n) is 3.80. The Bertz CT molecular complexity index is 1060. The number of hydrogen-bond donors (Lipinski definition) is 3. The smallest absolute Gasteiger partial charge is 0.272 e. The summed E-state index contributed by atoms with van der Waals surface area (Å²) in [6.45, 7) is 3.68. The Morgan fingerprint density at radius 1 is 1.33 bits per heavy atom. The Hall–Kier alpha value is -3.99. The third-order valence-corrected chi connectivity index (χ3v) is 3.80. The number of amides is 2. The molecule has 0 aliphatic heterocycles. The lowest BCUT2D eigenvalue weighted by atomic mass is 10.1. The first kappa shape index (κ1) is 17.8. The van der Waals surface area contributed by atoms with Gasteiger partial charge >= 0.3 is 0 Å². The fourth-order valence-corrected chi connectivity index (χ4v) is 2.51. The zero-order chi connectivity index (χ0) is 19.2. The van der Waals surface area contributed by atoms with Crippen molar-refractivity contribution in [3.05, 3.63) is 54.9 Å². The van der Waals surface area contributed by atoms with Gasteiger partial charge in [-0.05, 0) is 24.3 Å². The summed E-state index contributed by atoms with van der Waals surface area (Å²) < 4.78 is 0. The maximum absolute atomic E-state index is 12.3. The highest BCUT2D eigenvalue weighted by atomic mass is 16.2. The monoisotopic (exact) mass is 360 g/mol. The van der Waals surface area contributed by atoms with Crippen LogP contribution in [-0.2, 0) is 4.79 Å². The van der Waals surface area contributed by atoms with E-state index in [2.05, 4.69) is 32.4 Å². The molecule has 8 heteroatoms. The molecule has 3 rings (SSSR count). The summed E-state index contributed by atoms with van der Waals surface area (Å²) in [5, 5.41) is 21.4. The molecule has 3 N–H and O–H groups in total. The van der Waals surface area contributed by atoms with Gasteiger partial charge in [0.25, 0.3) is 5.91 Å². The lowest BCUT2D eigenvalue weighted by Crippen LogP contribution is -2.24. The fourth-order valence-electron chi connectivity index (χ4n) is 2.51. The van der Waals surface area contributed by atoms with Crippen LogP contribution in [0.3, 0.4) is 0 Å². The number of H-pyrrole nitrogens is 1. The molecule has 0 bridgehead atoms. The van der Waals surface area contributed by atoms with Gasteiger partial charge in [-0.3, -0.25) is 19.7 Å². The maximum Gasteiger partial charge on any atom is 0.272 e. The summed E-state index contributed by atoms with van der Waals surface area (Å²) in [6.07, 6.45) is 3.02. The molecule has 2 amide bonds. The Morgan fingerprint density at radius 3 is 2.96 bits per heavy atom. The number of aromatic nitrogens is 3. The van der Waals surface area contributed by atoms with Crippen molar-refractivity contribution in [3.8, 4) is 17.3 Å². The summed E-state index contributed by atoms with van der Waals surface area (Å²) in [5.74, 6) is -0.664. The molecular weight excluding hydrogens is 344 g/mol. The molecule has 0 aliphatic carbocycles. The van der Waals surface area contributed by atoms with Crippen molar-refractivity contribution in [1.29, 1.82) is 5.26 Å². The van der Waals surface area contributed by atoms with Gasteiger partial charge in [-0.1, -0.05) is 18.7 Å². The molecule has 0 radical (unpaired) electrons. The number of rotatable bonds is 6. The summed E-state index contributed by atoms with van der Waals surface area (Å²) in [7, 11) is 0. The summed E-state index contributed by atoms with van der Waals surface area (Å²) >= 11 is 0. The normalized spacial score (nSPS) is 10.2. The number of nitriles is 1. The Labute approximate surface area is 154 Å². The molecule has 0 saturated heterocycles. The molecule has 0 spiro atoms. The molecule has 8 nitrogen and oxygen atoms in total. The van der Waals surface area contributed by atoms with Gasteiger partial charge in [0.05, 0.1) is 29.9 Å². The number of anilines is 1. The molecule has 3 aromatic rings. The number of nitrogens with one attached hydrogen (secondary N) is 3.